The van der Waals surface area contributed by atoms with E-state index in [2.05, 4.69) is 25.9 Å². The van der Waals surface area contributed by atoms with E-state index in [4.69, 9.17) is 40.0 Å². The normalized spacial score (nSPS) is 11.2. The van der Waals surface area contributed by atoms with Gasteiger partial charge in [-0.05, 0) is 53.1 Å². The maximum atomic E-state index is 13.9. The second-order valence-electron chi connectivity index (χ2n) is 13.3. The van der Waals surface area contributed by atoms with Gasteiger partial charge in [-0.3, -0.25) is 10.1 Å². The molecular formula is C44H44ClN6O9S+. The zero-order valence-corrected chi connectivity index (χ0v) is 35.4. The largest absolute Gasteiger partial charge is 0.497 e. The Balaban J connectivity index is 1.19. The second-order valence-corrected chi connectivity index (χ2v) is 14.7. The van der Waals surface area contributed by atoms with Crippen molar-refractivity contribution >= 4 is 46.9 Å². The van der Waals surface area contributed by atoms with E-state index in [9.17, 15) is 14.4 Å². The van der Waals surface area contributed by atoms with E-state index in [-0.39, 0.29) is 49.2 Å². The standard InChI is InChI=1S/C44H43ClN6O9S/c1-51-24-31(41-47-23-37(61-41)42(53)57-4)20-48-43(51)50-32(22-49-44(54)60-27-28-8-6-5-7-9-28)21-46-40(52)35-18-19-36(58-25-29-10-14-33(55-2)15-11-29)39(38(35)45)59-26-30-12-16-34(56-3)17-13-30/h5-20,23-24,32H,21-22,25-27H2,1-4H3,(H2,46,49,52,54)/p+1. The monoisotopic (exact) mass is 867 g/mol. The average Bonchev–Trinajstić information content (AvgIpc) is 3.80. The zero-order chi connectivity index (χ0) is 43.1. The van der Waals surface area contributed by atoms with Gasteiger partial charge in [-0.2, -0.15) is 0 Å². The number of halogens is 1. The Morgan fingerprint density at radius 3 is 2.03 bits per heavy atom. The van der Waals surface area contributed by atoms with Crippen LogP contribution in [0.4, 0.5) is 10.7 Å². The SMILES string of the molecule is COC(=O)c1cnc(-c2cnc(NC(CNC(=O)OCc3ccccc3)CNC(=O)c3ccc(OCc4ccc(OC)cc4)c(OCc4ccc(OC)cc4)c3Cl)[n+](C)c2)s1. The lowest BCUT2D eigenvalue weighted by atomic mass is 10.1. The lowest BCUT2D eigenvalue weighted by molar-refractivity contribution is -0.659. The third-order valence-electron chi connectivity index (χ3n) is 9.08. The predicted molar refractivity (Wildman–Crippen MR) is 228 cm³/mol. The van der Waals surface area contributed by atoms with Crippen LogP contribution in [0.1, 0.15) is 36.7 Å². The number of methoxy groups -OCH3 is 3. The van der Waals surface area contributed by atoms with Crippen LogP contribution in [0.2, 0.25) is 5.02 Å². The number of thiazole rings is 1. The highest BCUT2D eigenvalue weighted by atomic mass is 35.5. The van der Waals surface area contributed by atoms with E-state index >= 15 is 0 Å². The van der Waals surface area contributed by atoms with Crippen molar-refractivity contribution < 1.29 is 47.4 Å². The molecule has 1 atom stereocenters. The lowest BCUT2D eigenvalue weighted by Crippen LogP contribution is -2.47. The van der Waals surface area contributed by atoms with Crippen LogP contribution in [-0.4, -0.2) is 68.4 Å². The first-order valence-electron chi connectivity index (χ1n) is 18.9. The minimum atomic E-state index is -0.647. The highest BCUT2D eigenvalue weighted by Gasteiger charge is 2.24. The third-order valence-corrected chi connectivity index (χ3v) is 10.5. The molecule has 1 unspecified atom stereocenters. The van der Waals surface area contributed by atoms with Crippen LogP contribution in [0.15, 0.2) is 110 Å². The fourth-order valence-corrected chi connectivity index (χ4v) is 6.85. The van der Waals surface area contributed by atoms with Gasteiger partial charge in [-0.15, -0.1) is 11.3 Å². The Kier molecular flexibility index (Phi) is 15.3. The van der Waals surface area contributed by atoms with Crippen LogP contribution in [0, 0.1) is 0 Å². The second kappa shape index (κ2) is 21.4. The minimum absolute atomic E-state index is 0.0181. The number of rotatable bonds is 19. The molecule has 6 rings (SSSR count). The maximum Gasteiger partial charge on any atom is 0.407 e. The van der Waals surface area contributed by atoms with Crippen molar-refractivity contribution in [3.8, 4) is 33.6 Å². The van der Waals surface area contributed by atoms with E-state index in [0.717, 1.165) is 16.7 Å². The van der Waals surface area contributed by atoms with Crippen molar-refractivity contribution in [1.29, 1.82) is 0 Å². The first-order chi connectivity index (χ1) is 29.6. The number of nitrogens with zero attached hydrogens (tertiary/aromatic N) is 3. The predicted octanol–water partition coefficient (Wildman–Crippen LogP) is 6.78. The Morgan fingerprint density at radius 2 is 1.39 bits per heavy atom. The number of esters is 1. The van der Waals surface area contributed by atoms with Gasteiger partial charge < -0.3 is 39.1 Å². The molecule has 2 amide bonds. The Morgan fingerprint density at radius 1 is 0.754 bits per heavy atom. The van der Waals surface area contributed by atoms with Crippen molar-refractivity contribution in [2.75, 3.05) is 39.7 Å². The molecule has 4 aromatic carbocycles. The smallest absolute Gasteiger partial charge is 0.407 e. The number of benzene rings is 4. The van der Waals surface area contributed by atoms with Crippen molar-refractivity contribution in [1.82, 2.24) is 20.6 Å². The summed E-state index contributed by atoms with van der Waals surface area (Å²) in [6.07, 6.45) is 4.19. The summed E-state index contributed by atoms with van der Waals surface area (Å²) in [6, 6.07) is 26.7. The molecule has 0 radical (unpaired) electrons. The fraction of sp³-hybridized carbons (Fsp3) is 0.227. The van der Waals surface area contributed by atoms with E-state index in [1.165, 1.54) is 24.6 Å². The average molecular weight is 868 g/mol. The van der Waals surface area contributed by atoms with Crippen molar-refractivity contribution in [3.05, 3.63) is 142 Å². The molecular weight excluding hydrogens is 824 g/mol. The van der Waals surface area contributed by atoms with Gasteiger partial charge in [0.2, 0.25) is 0 Å². The first kappa shape index (κ1) is 43.7. The van der Waals surface area contributed by atoms with Crippen LogP contribution in [0.5, 0.6) is 23.0 Å². The number of ether oxygens (including phenoxy) is 6. The number of alkyl carbamates (subject to hydrolysis) is 1. The molecule has 316 valence electrons. The fourth-order valence-electron chi connectivity index (χ4n) is 5.75. The topological polar surface area (TPSA) is 172 Å². The minimum Gasteiger partial charge on any atom is -0.497 e. The van der Waals surface area contributed by atoms with Crippen LogP contribution in [0.25, 0.3) is 10.6 Å². The molecule has 2 aromatic heterocycles. The third kappa shape index (κ3) is 12.1. The summed E-state index contributed by atoms with van der Waals surface area (Å²) in [5.74, 6) is 1.37. The van der Waals surface area contributed by atoms with Crippen molar-refractivity contribution in [3.63, 3.8) is 0 Å². The van der Waals surface area contributed by atoms with Crippen molar-refractivity contribution in [2.45, 2.75) is 25.9 Å². The molecule has 0 aliphatic rings. The first-order valence-corrected chi connectivity index (χ1v) is 20.1. The summed E-state index contributed by atoms with van der Waals surface area (Å²) >= 11 is 8.13. The highest BCUT2D eigenvalue weighted by Crippen LogP contribution is 2.39. The van der Waals surface area contributed by atoms with Crippen LogP contribution >= 0.6 is 22.9 Å². The Hall–Kier alpha value is -6.91. The number of hydrogen-bond donors (Lipinski definition) is 3. The molecule has 61 heavy (non-hydrogen) atoms. The Labute approximate surface area is 361 Å². The summed E-state index contributed by atoms with van der Waals surface area (Å²) in [5, 5.41) is 9.62. The van der Waals surface area contributed by atoms with E-state index in [1.54, 1.807) is 50.4 Å². The van der Waals surface area contributed by atoms with Crippen LogP contribution in [-0.2, 0) is 36.3 Å². The van der Waals surface area contributed by atoms with Crippen LogP contribution in [0.3, 0.4) is 0 Å². The summed E-state index contributed by atoms with van der Waals surface area (Å²) in [5.41, 5.74) is 3.35. The highest BCUT2D eigenvalue weighted by molar-refractivity contribution is 7.16. The number of carbonyl (C=O) groups is 3. The molecule has 2 heterocycles. The molecule has 0 saturated heterocycles. The van der Waals surface area contributed by atoms with Gasteiger partial charge in [0, 0.05) is 0 Å². The Bertz CT molecular complexity index is 2420. The molecule has 0 fully saturated rings. The number of hydrogen-bond acceptors (Lipinski definition) is 13. The summed E-state index contributed by atoms with van der Waals surface area (Å²) in [4.78, 5) is 47.9. The zero-order valence-electron chi connectivity index (χ0n) is 33.8. The van der Waals surface area contributed by atoms with Crippen molar-refractivity contribution in [2.24, 2.45) is 7.05 Å². The van der Waals surface area contributed by atoms with Gasteiger partial charge in [0.15, 0.2) is 11.5 Å². The quantitative estimate of drug-likeness (QED) is 0.0577. The molecule has 17 heteroatoms. The number of nitrogens with one attached hydrogen (secondary N) is 3. The van der Waals surface area contributed by atoms with Gasteiger partial charge in [0.1, 0.15) is 53.4 Å². The molecule has 0 aliphatic heterocycles. The van der Waals surface area contributed by atoms with Gasteiger partial charge in [0.05, 0.1) is 70.0 Å². The van der Waals surface area contributed by atoms with Gasteiger partial charge in [0.25, 0.3) is 5.91 Å². The molecule has 0 aliphatic carbocycles. The number of anilines is 1. The lowest BCUT2D eigenvalue weighted by Gasteiger charge is -2.19. The molecule has 15 nitrogen and oxygen atoms in total. The molecule has 0 bridgehead atoms. The number of aromatic nitrogens is 3. The summed E-state index contributed by atoms with van der Waals surface area (Å²) in [6.45, 7) is 0.459. The van der Waals surface area contributed by atoms with E-state index < -0.39 is 24.0 Å². The number of carbonyl (C=O) groups excluding carboxylic acids is 3. The van der Waals surface area contributed by atoms with Gasteiger partial charge >= 0.3 is 18.0 Å². The van der Waals surface area contributed by atoms with E-state index in [0.29, 0.717) is 38.6 Å². The van der Waals surface area contributed by atoms with Gasteiger partial charge in [-0.1, -0.05) is 71.2 Å². The van der Waals surface area contributed by atoms with Gasteiger partial charge in [-0.25, -0.2) is 19.1 Å². The van der Waals surface area contributed by atoms with E-state index in [1.807, 2.05) is 78.9 Å². The molecule has 6 aromatic rings. The molecule has 3 N–H and O–H groups in total. The molecule has 0 saturated carbocycles. The summed E-state index contributed by atoms with van der Waals surface area (Å²) < 4.78 is 34.9. The summed E-state index contributed by atoms with van der Waals surface area (Å²) in [7, 11) is 6.27. The van der Waals surface area contributed by atoms with Crippen LogP contribution < -0.4 is 39.5 Å². The maximum absolute atomic E-state index is 13.9. The number of aryl methyl sites for hydroxylation is 1. The number of amides is 2. The molecule has 0 spiro atoms.